The van der Waals surface area contributed by atoms with E-state index in [0.717, 1.165) is 0 Å². The van der Waals surface area contributed by atoms with Gasteiger partial charge in [-0.05, 0) is 65.8 Å². The SMILES string of the molecule is CC(C)(C)OC(=O)c1ccccc1OOc1ccccc1C(=O)OC(C)(C)C. The molecule has 0 radical (unpaired) electrons. The summed E-state index contributed by atoms with van der Waals surface area (Å²) >= 11 is 0. The first-order valence-corrected chi connectivity index (χ1v) is 8.95. The number of para-hydroxylation sites is 2. The molecule has 0 aliphatic carbocycles. The zero-order valence-corrected chi connectivity index (χ0v) is 17.1. The van der Waals surface area contributed by atoms with Crippen molar-refractivity contribution in [3.05, 3.63) is 59.7 Å². The zero-order valence-electron chi connectivity index (χ0n) is 17.1. The normalized spacial score (nSPS) is 11.5. The van der Waals surface area contributed by atoms with Crippen LogP contribution in [-0.2, 0) is 9.47 Å². The average Bonchev–Trinajstić information content (AvgIpc) is 2.57. The lowest BCUT2D eigenvalue weighted by Gasteiger charge is -2.21. The topological polar surface area (TPSA) is 71.1 Å². The van der Waals surface area contributed by atoms with Crippen LogP contribution in [0.4, 0.5) is 0 Å². The number of carbonyl (C=O) groups excluding carboxylic acids is 2. The van der Waals surface area contributed by atoms with Gasteiger partial charge in [-0.2, -0.15) is 0 Å². The maximum absolute atomic E-state index is 12.4. The van der Waals surface area contributed by atoms with Crippen LogP contribution in [0.3, 0.4) is 0 Å². The minimum absolute atomic E-state index is 0.177. The van der Waals surface area contributed by atoms with Gasteiger partial charge in [0.15, 0.2) is 11.5 Å². The van der Waals surface area contributed by atoms with Crippen molar-refractivity contribution < 1.29 is 28.8 Å². The van der Waals surface area contributed by atoms with E-state index in [1.807, 2.05) is 0 Å². The van der Waals surface area contributed by atoms with Crippen LogP contribution >= 0.6 is 0 Å². The van der Waals surface area contributed by atoms with Gasteiger partial charge in [0, 0.05) is 0 Å². The highest BCUT2D eigenvalue weighted by molar-refractivity contribution is 5.93. The largest absolute Gasteiger partial charge is 0.456 e. The fraction of sp³-hybridized carbons (Fsp3) is 0.364. The summed E-state index contributed by atoms with van der Waals surface area (Å²) in [6.07, 6.45) is 0. The van der Waals surface area contributed by atoms with E-state index in [-0.39, 0.29) is 22.6 Å². The molecule has 0 saturated heterocycles. The molecule has 0 aliphatic heterocycles. The number of esters is 2. The summed E-state index contributed by atoms with van der Waals surface area (Å²) in [5.41, 5.74) is -0.859. The van der Waals surface area contributed by atoms with E-state index in [1.165, 1.54) is 0 Å². The molecule has 6 heteroatoms. The molecule has 150 valence electrons. The maximum Gasteiger partial charge on any atom is 0.342 e. The van der Waals surface area contributed by atoms with E-state index < -0.39 is 23.1 Å². The summed E-state index contributed by atoms with van der Waals surface area (Å²) in [6, 6.07) is 13.1. The van der Waals surface area contributed by atoms with Gasteiger partial charge < -0.3 is 9.47 Å². The summed E-state index contributed by atoms with van der Waals surface area (Å²) in [4.78, 5) is 35.5. The highest BCUT2D eigenvalue weighted by atomic mass is 17.2. The highest BCUT2D eigenvalue weighted by Gasteiger charge is 2.23. The van der Waals surface area contributed by atoms with Gasteiger partial charge in [-0.1, -0.05) is 24.3 Å². The Balaban J connectivity index is 2.20. The Labute approximate surface area is 165 Å². The van der Waals surface area contributed by atoms with Crippen molar-refractivity contribution in [3.63, 3.8) is 0 Å². The lowest BCUT2D eigenvalue weighted by molar-refractivity contribution is -0.102. The molecule has 0 spiro atoms. The predicted molar refractivity (Wildman–Crippen MR) is 104 cm³/mol. The molecule has 0 heterocycles. The van der Waals surface area contributed by atoms with Gasteiger partial charge in [-0.25, -0.2) is 9.59 Å². The second kappa shape index (κ2) is 8.33. The van der Waals surface area contributed by atoms with Crippen molar-refractivity contribution in [1.82, 2.24) is 0 Å². The molecule has 0 unspecified atom stereocenters. The van der Waals surface area contributed by atoms with Crippen molar-refractivity contribution in [1.29, 1.82) is 0 Å². The Hall–Kier alpha value is -3.02. The van der Waals surface area contributed by atoms with E-state index in [9.17, 15) is 9.59 Å². The van der Waals surface area contributed by atoms with Crippen LogP contribution in [0.2, 0.25) is 0 Å². The Morgan fingerprint density at radius 2 is 0.929 bits per heavy atom. The molecule has 2 aromatic carbocycles. The Bertz CT molecular complexity index is 771. The van der Waals surface area contributed by atoms with Gasteiger partial charge in [0.1, 0.15) is 22.3 Å². The molecule has 0 fully saturated rings. The Morgan fingerprint density at radius 3 is 1.25 bits per heavy atom. The quantitative estimate of drug-likeness (QED) is 0.410. The molecule has 6 nitrogen and oxygen atoms in total. The molecule has 0 atom stereocenters. The van der Waals surface area contributed by atoms with Crippen LogP contribution in [0, 0.1) is 0 Å². The van der Waals surface area contributed by atoms with Gasteiger partial charge in [-0.3, -0.25) is 9.78 Å². The van der Waals surface area contributed by atoms with E-state index >= 15 is 0 Å². The number of rotatable bonds is 5. The minimum atomic E-state index is -0.644. The van der Waals surface area contributed by atoms with Crippen LogP contribution in [-0.4, -0.2) is 23.1 Å². The second-order valence-corrected chi connectivity index (χ2v) is 8.16. The van der Waals surface area contributed by atoms with Gasteiger partial charge in [0.2, 0.25) is 0 Å². The van der Waals surface area contributed by atoms with Gasteiger partial charge >= 0.3 is 11.9 Å². The van der Waals surface area contributed by atoms with Crippen molar-refractivity contribution in [3.8, 4) is 11.5 Å². The smallest absolute Gasteiger partial charge is 0.342 e. The summed E-state index contributed by atoms with van der Waals surface area (Å²) in [6.45, 7) is 10.7. The number of carbonyl (C=O) groups is 2. The van der Waals surface area contributed by atoms with Crippen LogP contribution in [0.5, 0.6) is 11.5 Å². The van der Waals surface area contributed by atoms with Crippen LogP contribution in [0.15, 0.2) is 48.5 Å². The first-order chi connectivity index (χ1) is 13.0. The minimum Gasteiger partial charge on any atom is -0.456 e. The summed E-state index contributed by atoms with van der Waals surface area (Å²) in [5, 5.41) is 0. The van der Waals surface area contributed by atoms with Crippen LogP contribution < -0.4 is 9.78 Å². The molecule has 0 amide bonds. The van der Waals surface area contributed by atoms with Crippen molar-refractivity contribution >= 4 is 11.9 Å². The molecule has 0 bridgehead atoms. The molecular weight excluding hydrogens is 360 g/mol. The molecule has 0 aromatic heterocycles. The summed E-state index contributed by atoms with van der Waals surface area (Å²) in [7, 11) is 0. The monoisotopic (exact) mass is 386 g/mol. The van der Waals surface area contributed by atoms with Gasteiger partial charge in [0.25, 0.3) is 0 Å². The lowest BCUT2D eigenvalue weighted by Crippen LogP contribution is -2.25. The third kappa shape index (κ3) is 6.30. The third-order valence-electron chi connectivity index (χ3n) is 3.23. The number of hydrogen-bond donors (Lipinski definition) is 0. The lowest BCUT2D eigenvalue weighted by atomic mass is 10.1. The molecule has 0 aliphatic rings. The zero-order chi connectivity index (χ0) is 20.9. The maximum atomic E-state index is 12.4. The van der Waals surface area contributed by atoms with E-state index in [2.05, 4.69) is 0 Å². The fourth-order valence-electron chi connectivity index (χ4n) is 2.17. The number of hydrogen-bond acceptors (Lipinski definition) is 6. The molecule has 2 aromatic rings. The molecule has 0 saturated carbocycles. The molecule has 0 N–H and O–H groups in total. The second-order valence-electron chi connectivity index (χ2n) is 8.16. The first kappa shape index (κ1) is 21.3. The van der Waals surface area contributed by atoms with E-state index in [4.69, 9.17) is 19.2 Å². The number of ether oxygens (including phenoxy) is 2. The molecule has 2 rings (SSSR count). The van der Waals surface area contributed by atoms with Gasteiger partial charge in [0.05, 0.1) is 0 Å². The summed E-state index contributed by atoms with van der Waals surface area (Å²) in [5.74, 6) is -0.717. The summed E-state index contributed by atoms with van der Waals surface area (Å²) < 4.78 is 10.8. The third-order valence-corrected chi connectivity index (χ3v) is 3.23. The van der Waals surface area contributed by atoms with Crippen molar-refractivity contribution in [2.45, 2.75) is 52.7 Å². The van der Waals surface area contributed by atoms with Gasteiger partial charge in [-0.15, -0.1) is 0 Å². The molecular formula is C22H26O6. The first-order valence-electron chi connectivity index (χ1n) is 8.95. The highest BCUT2D eigenvalue weighted by Crippen LogP contribution is 2.25. The van der Waals surface area contributed by atoms with E-state index in [1.54, 1.807) is 90.1 Å². The van der Waals surface area contributed by atoms with Crippen LogP contribution in [0.1, 0.15) is 62.3 Å². The van der Waals surface area contributed by atoms with Crippen LogP contribution in [0.25, 0.3) is 0 Å². The fourth-order valence-corrected chi connectivity index (χ4v) is 2.17. The van der Waals surface area contributed by atoms with Crippen molar-refractivity contribution in [2.75, 3.05) is 0 Å². The number of benzene rings is 2. The predicted octanol–water partition coefficient (Wildman–Crippen LogP) is 4.97. The van der Waals surface area contributed by atoms with Crippen molar-refractivity contribution in [2.24, 2.45) is 0 Å². The Morgan fingerprint density at radius 1 is 0.607 bits per heavy atom. The Kier molecular flexibility index (Phi) is 6.33. The van der Waals surface area contributed by atoms with E-state index in [0.29, 0.717) is 0 Å². The molecule has 28 heavy (non-hydrogen) atoms. The standard InChI is InChI=1S/C22H26O6/c1-21(2,3)25-19(23)15-11-7-9-13-17(15)27-28-18-14-10-8-12-16(18)20(24)26-22(4,5)6/h7-14H,1-6H3. The average molecular weight is 386 g/mol.